The second-order valence-corrected chi connectivity index (χ2v) is 7.03. The molecule has 0 aromatic carbocycles. The van der Waals surface area contributed by atoms with Crippen molar-refractivity contribution in [1.82, 2.24) is 0 Å². The van der Waals surface area contributed by atoms with Gasteiger partial charge in [-0.2, -0.15) is 0 Å². The van der Waals surface area contributed by atoms with Gasteiger partial charge in [0, 0.05) is 0 Å². The van der Waals surface area contributed by atoms with Crippen LogP contribution >= 0.6 is 0 Å². The fourth-order valence-electron chi connectivity index (χ4n) is 4.34. The van der Waals surface area contributed by atoms with Crippen molar-refractivity contribution in [3.05, 3.63) is 0 Å². The molecule has 0 bridgehead atoms. The van der Waals surface area contributed by atoms with Crippen molar-refractivity contribution in [2.24, 2.45) is 29.6 Å². The molecule has 5 unspecified atom stereocenters. The highest BCUT2D eigenvalue weighted by atomic mass is 16.3. The molecule has 2 saturated carbocycles. The molecular formula is C15H28O. The highest BCUT2D eigenvalue weighted by molar-refractivity contribution is 4.95. The number of fused-ring (bicyclic) bond motifs is 1. The molecule has 1 N–H and O–H groups in total. The Labute approximate surface area is 101 Å². The van der Waals surface area contributed by atoms with Gasteiger partial charge in [0.25, 0.3) is 0 Å². The minimum absolute atomic E-state index is 0.384. The second-order valence-electron chi connectivity index (χ2n) is 7.03. The minimum Gasteiger partial charge on any atom is -0.390 e. The third-order valence-electron chi connectivity index (χ3n) is 5.33. The van der Waals surface area contributed by atoms with Crippen molar-refractivity contribution < 1.29 is 5.11 Å². The third-order valence-corrected chi connectivity index (χ3v) is 5.33. The minimum atomic E-state index is -0.384. The van der Waals surface area contributed by atoms with Gasteiger partial charge >= 0.3 is 0 Å². The van der Waals surface area contributed by atoms with Gasteiger partial charge in [0.2, 0.25) is 0 Å². The van der Waals surface area contributed by atoms with E-state index in [2.05, 4.69) is 20.8 Å². The molecule has 0 aromatic rings. The van der Waals surface area contributed by atoms with Gasteiger partial charge in [-0.1, -0.05) is 27.2 Å². The maximum absolute atomic E-state index is 10.3. The van der Waals surface area contributed by atoms with E-state index in [0.717, 1.165) is 42.4 Å². The summed E-state index contributed by atoms with van der Waals surface area (Å²) in [5.41, 5.74) is -0.384. The lowest BCUT2D eigenvalue weighted by atomic mass is 9.57. The summed E-state index contributed by atoms with van der Waals surface area (Å²) in [6.45, 7) is 9.19. The van der Waals surface area contributed by atoms with Crippen LogP contribution in [0.2, 0.25) is 0 Å². The van der Waals surface area contributed by atoms with Gasteiger partial charge in [-0.05, 0) is 62.2 Å². The standard InChI is InChI=1S/C15H28O/c1-10(2)12-6-5-11(3)13-7-8-15(4,16)9-14(12)13/h10-14,16H,5-9H2,1-4H3. The predicted octanol–water partition coefficient (Wildman–Crippen LogP) is 3.86. The Morgan fingerprint density at radius 3 is 2.44 bits per heavy atom. The van der Waals surface area contributed by atoms with Gasteiger partial charge in [-0.15, -0.1) is 0 Å². The Kier molecular flexibility index (Phi) is 3.36. The van der Waals surface area contributed by atoms with Gasteiger partial charge in [0.1, 0.15) is 0 Å². The zero-order valence-electron chi connectivity index (χ0n) is 11.4. The summed E-state index contributed by atoms with van der Waals surface area (Å²) >= 11 is 0. The molecule has 94 valence electrons. The molecule has 0 heterocycles. The largest absolute Gasteiger partial charge is 0.390 e. The Balaban J connectivity index is 2.15. The zero-order valence-corrected chi connectivity index (χ0v) is 11.4. The van der Waals surface area contributed by atoms with Gasteiger partial charge < -0.3 is 5.11 Å². The molecule has 16 heavy (non-hydrogen) atoms. The zero-order chi connectivity index (χ0) is 11.9. The molecule has 5 atom stereocenters. The molecule has 2 aliphatic carbocycles. The van der Waals surface area contributed by atoms with Gasteiger partial charge in [-0.25, -0.2) is 0 Å². The maximum Gasteiger partial charge on any atom is 0.0622 e. The summed E-state index contributed by atoms with van der Waals surface area (Å²) in [5, 5.41) is 10.3. The molecular weight excluding hydrogens is 196 g/mol. The van der Waals surface area contributed by atoms with Crippen LogP contribution in [0.5, 0.6) is 0 Å². The lowest BCUT2D eigenvalue weighted by Crippen LogP contribution is -2.45. The molecule has 1 nitrogen and oxygen atoms in total. The van der Waals surface area contributed by atoms with Crippen LogP contribution in [0.25, 0.3) is 0 Å². The molecule has 0 saturated heterocycles. The normalized spacial score (nSPS) is 49.1. The SMILES string of the molecule is CC(C)C1CCC(C)C2CCC(C)(O)CC12. The van der Waals surface area contributed by atoms with Crippen LogP contribution in [0.4, 0.5) is 0 Å². The molecule has 2 rings (SSSR count). The van der Waals surface area contributed by atoms with Gasteiger partial charge in [0.05, 0.1) is 5.60 Å². The first kappa shape index (κ1) is 12.4. The van der Waals surface area contributed by atoms with Crippen molar-refractivity contribution >= 4 is 0 Å². The van der Waals surface area contributed by atoms with E-state index >= 15 is 0 Å². The number of hydrogen-bond donors (Lipinski definition) is 1. The van der Waals surface area contributed by atoms with Crippen LogP contribution in [0.15, 0.2) is 0 Å². The van der Waals surface area contributed by atoms with Crippen molar-refractivity contribution in [2.45, 2.75) is 65.4 Å². The first-order valence-corrected chi connectivity index (χ1v) is 7.13. The predicted molar refractivity (Wildman–Crippen MR) is 68.2 cm³/mol. The highest BCUT2D eigenvalue weighted by Gasteiger charge is 2.45. The van der Waals surface area contributed by atoms with E-state index in [1.54, 1.807) is 0 Å². The van der Waals surface area contributed by atoms with Crippen molar-refractivity contribution in [3.8, 4) is 0 Å². The molecule has 0 amide bonds. The Morgan fingerprint density at radius 1 is 1.12 bits per heavy atom. The van der Waals surface area contributed by atoms with Crippen LogP contribution in [0, 0.1) is 29.6 Å². The van der Waals surface area contributed by atoms with E-state index in [1.165, 1.54) is 19.3 Å². The van der Waals surface area contributed by atoms with E-state index in [9.17, 15) is 5.11 Å². The number of aliphatic hydroxyl groups is 1. The highest BCUT2D eigenvalue weighted by Crippen LogP contribution is 2.51. The van der Waals surface area contributed by atoms with Crippen LogP contribution in [0.1, 0.15) is 59.8 Å². The topological polar surface area (TPSA) is 20.2 Å². The Bertz CT molecular complexity index is 242. The fraction of sp³-hybridized carbons (Fsp3) is 1.00. The summed E-state index contributed by atoms with van der Waals surface area (Å²) < 4.78 is 0. The average Bonchev–Trinajstić information content (AvgIpc) is 2.15. The summed E-state index contributed by atoms with van der Waals surface area (Å²) in [6.07, 6.45) is 6.11. The summed E-state index contributed by atoms with van der Waals surface area (Å²) in [4.78, 5) is 0. The smallest absolute Gasteiger partial charge is 0.0622 e. The number of rotatable bonds is 1. The van der Waals surface area contributed by atoms with E-state index in [0.29, 0.717) is 0 Å². The monoisotopic (exact) mass is 224 g/mol. The fourth-order valence-corrected chi connectivity index (χ4v) is 4.34. The van der Waals surface area contributed by atoms with Crippen LogP contribution in [-0.2, 0) is 0 Å². The third kappa shape index (κ3) is 2.30. The van der Waals surface area contributed by atoms with E-state index in [-0.39, 0.29) is 5.60 Å². The number of hydrogen-bond acceptors (Lipinski definition) is 1. The summed E-state index contributed by atoms with van der Waals surface area (Å²) in [7, 11) is 0. The van der Waals surface area contributed by atoms with Crippen molar-refractivity contribution in [2.75, 3.05) is 0 Å². The first-order valence-electron chi connectivity index (χ1n) is 7.13. The van der Waals surface area contributed by atoms with Crippen molar-refractivity contribution in [3.63, 3.8) is 0 Å². The van der Waals surface area contributed by atoms with Crippen LogP contribution in [0.3, 0.4) is 0 Å². The van der Waals surface area contributed by atoms with Gasteiger partial charge in [0.15, 0.2) is 0 Å². The lowest BCUT2D eigenvalue weighted by molar-refractivity contribution is -0.0711. The van der Waals surface area contributed by atoms with Gasteiger partial charge in [-0.3, -0.25) is 0 Å². The summed E-state index contributed by atoms with van der Waals surface area (Å²) in [6, 6.07) is 0. The Hall–Kier alpha value is -0.0400. The molecule has 0 radical (unpaired) electrons. The average molecular weight is 224 g/mol. The van der Waals surface area contributed by atoms with E-state index in [1.807, 2.05) is 6.92 Å². The maximum atomic E-state index is 10.3. The second kappa shape index (κ2) is 4.33. The summed E-state index contributed by atoms with van der Waals surface area (Å²) in [5.74, 6) is 4.20. The van der Waals surface area contributed by atoms with Crippen LogP contribution < -0.4 is 0 Å². The Morgan fingerprint density at radius 2 is 1.81 bits per heavy atom. The van der Waals surface area contributed by atoms with Crippen molar-refractivity contribution in [1.29, 1.82) is 0 Å². The molecule has 0 aliphatic heterocycles. The quantitative estimate of drug-likeness (QED) is 0.717. The molecule has 2 fully saturated rings. The molecule has 1 heteroatoms. The van der Waals surface area contributed by atoms with E-state index < -0.39 is 0 Å². The van der Waals surface area contributed by atoms with Crippen LogP contribution in [-0.4, -0.2) is 10.7 Å². The van der Waals surface area contributed by atoms with E-state index in [4.69, 9.17) is 0 Å². The molecule has 0 aromatic heterocycles. The lowest BCUT2D eigenvalue weighted by Gasteiger charge is -2.50. The molecule has 2 aliphatic rings. The first-order chi connectivity index (χ1) is 7.41. The molecule has 0 spiro atoms.